The van der Waals surface area contributed by atoms with Gasteiger partial charge in [0.1, 0.15) is 0 Å². The Kier molecular flexibility index (Phi) is 5.42. The molecule has 0 fully saturated rings. The van der Waals surface area contributed by atoms with Gasteiger partial charge in [-0.05, 0) is 17.9 Å². The van der Waals surface area contributed by atoms with Crippen LogP contribution in [0.15, 0.2) is 72.8 Å². The first kappa shape index (κ1) is 16.7. The summed E-state index contributed by atoms with van der Waals surface area (Å²) < 4.78 is 5.18. The highest BCUT2D eigenvalue weighted by Gasteiger charge is 2.08. The first-order chi connectivity index (χ1) is 12.2. The van der Waals surface area contributed by atoms with Gasteiger partial charge in [-0.15, -0.1) is 0 Å². The molecule has 1 N–H and O–H groups in total. The van der Waals surface area contributed by atoms with Gasteiger partial charge in [0.25, 0.3) is 0 Å². The molecule has 3 aromatic rings. The Balaban J connectivity index is 1.47. The third kappa shape index (κ3) is 4.44. The smallest absolute Gasteiger partial charge is 0.411 e. The fraction of sp³-hybridized carbons (Fsp3) is 0.143. The number of fused-ring (bicyclic) bond motifs is 1. The second kappa shape index (κ2) is 8.11. The largest absolute Gasteiger partial charge is 0.449 e. The van der Waals surface area contributed by atoms with Crippen LogP contribution in [-0.2, 0) is 4.74 Å². The molecule has 0 unspecified atom stereocenters. The summed E-state index contributed by atoms with van der Waals surface area (Å²) in [6.07, 6.45) is 0.339. The van der Waals surface area contributed by atoms with Crippen molar-refractivity contribution < 1.29 is 14.3 Å². The fourth-order valence-corrected chi connectivity index (χ4v) is 2.65. The standard InChI is InChI=1S/C21H19NO3/c23-20(17-9-2-1-3-10-17)14-7-15-25-21(24)22-19-13-6-11-16-8-4-5-12-18(16)19/h1-6,8-13H,7,14-15H2,(H,22,24). The molecule has 0 saturated heterocycles. The summed E-state index contributed by atoms with van der Waals surface area (Å²) >= 11 is 0. The molecule has 0 aliphatic heterocycles. The van der Waals surface area contributed by atoms with Crippen molar-refractivity contribution in [2.24, 2.45) is 0 Å². The minimum Gasteiger partial charge on any atom is -0.449 e. The lowest BCUT2D eigenvalue weighted by molar-refractivity contribution is 0.0964. The maximum atomic E-state index is 12.0. The predicted octanol–water partition coefficient (Wildman–Crippen LogP) is 5.05. The van der Waals surface area contributed by atoms with E-state index in [1.165, 1.54) is 0 Å². The zero-order chi connectivity index (χ0) is 17.5. The fourth-order valence-electron chi connectivity index (χ4n) is 2.65. The van der Waals surface area contributed by atoms with Crippen LogP contribution in [-0.4, -0.2) is 18.5 Å². The molecule has 0 heterocycles. The number of ether oxygens (including phenoxy) is 1. The number of hydrogen-bond donors (Lipinski definition) is 1. The number of hydrogen-bond acceptors (Lipinski definition) is 3. The highest BCUT2D eigenvalue weighted by atomic mass is 16.5. The van der Waals surface area contributed by atoms with Crippen molar-refractivity contribution in [3.8, 4) is 0 Å². The molecule has 0 aromatic heterocycles. The number of amides is 1. The third-order valence-corrected chi connectivity index (χ3v) is 3.90. The molecule has 4 nitrogen and oxygen atoms in total. The Labute approximate surface area is 146 Å². The van der Waals surface area contributed by atoms with Gasteiger partial charge in [0.15, 0.2) is 5.78 Å². The molecule has 0 bridgehead atoms. The van der Waals surface area contributed by atoms with Gasteiger partial charge in [-0.3, -0.25) is 10.1 Å². The molecular formula is C21H19NO3. The number of Topliss-reactive ketones (excluding diaryl/α,β-unsaturated/α-hetero) is 1. The number of carbonyl (C=O) groups is 2. The summed E-state index contributed by atoms with van der Waals surface area (Å²) in [5.41, 5.74) is 1.39. The molecule has 0 spiro atoms. The molecule has 0 aliphatic carbocycles. The molecule has 25 heavy (non-hydrogen) atoms. The van der Waals surface area contributed by atoms with E-state index in [1.807, 2.05) is 60.7 Å². The third-order valence-electron chi connectivity index (χ3n) is 3.90. The highest BCUT2D eigenvalue weighted by molar-refractivity contribution is 6.00. The van der Waals surface area contributed by atoms with Gasteiger partial charge in [0, 0.05) is 17.4 Å². The number of carbonyl (C=O) groups excluding carboxylic acids is 2. The summed E-state index contributed by atoms with van der Waals surface area (Å²) in [4.78, 5) is 23.9. The van der Waals surface area contributed by atoms with Crippen LogP contribution in [0.4, 0.5) is 10.5 Å². The van der Waals surface area contributed by atoms with E-state index in [2.05, 4.69) is 5.32 Å². The molecule has 0 saturated carbocycles. The summed E-state index contributed by atoms with van der Waals surface area (Å²) in [5.74, 6) is 0.0543. The van der Waals surface area contributed by atoms with Gasteiger partial charge in [-0.25, -0.2) is 4.79 Å². The van der Waals surface area contributed by atoms with Crippen LogP contribution < -0.4 is 5.32 Å². The van der Waals surface area contributed by atoms with Crippen LogP contribution in [0.3, 0.4) is 0 Å². The summed E-state index contributed by atoms with van der Waals surface area (Å²) in [7, 11) is 0. The second-order valence-corrected chi connectivity index (χ2v) is 5.68. The first-order valence-corrected chi connectivity index (χ1v) is 8.24. The molecule has 1 amide bonds. The van der Waals surface area contributed by atoms with E-state index in [0.29, 0.717) is 24.1 Å². The quantitative estimate of drug-likeness (QED) is 0.507. The molecule has 0 aliphatic rings. The highest BCUT2D eigenvalue weighted by Crippen LogP contribution is 2.23. The normalized spacial score (nSPS) is 10.4. The van der Waals surface area contributed by atoms with Gasteiger partial charge in [0.2, 0.25) is 0 Å². The number of anilines is 1. The topological polar surface area (TPSA) is 55.4 Å². The number of nitrogens with one attached hydrogen (secondary N) is 1. The van der Waals surface area contributed by atoms with Crippen LogP contribution in [0, 0.1) is 0 Å². The average Bonchev–Trinajstić information content (AvgIpc) is 2.66. The van der Waals surface area contributed by atoms with Crippen molar-refractivity contribution in [3.63, 3.8) is 0 Å². The van der Waals surface area contributed by atoms with E-state index in [4.69, 9.17) is 4.74 Å². The van der Waals surface area contributed by atoms with Crippen LogP contribution in [0.1, 0.15) is 23.2 Å². The zero-order valence-electron chi connectivity index (χ0n) is 13.8. The van der Waals surface area contributed by atoms with Gasteiger partial charge < -0.3 is 4.74 Å². The molecule has 3 rings (SSSR count). The van der Waals surface area contributed by atoms with Crippen molar-refractivity contribution in [2.75, 3.05) is 11.9 Å². The Bertz CT molecular complexity index is 869. The van der Waals surface area contributed by atoms with Gasteiger partial charge >= 0.3 is 6.09 Å². The lowest BCUT2D eigenvalue weighted by Crippen LogP contribution is -2.15. The Morgan fingerprint density at radius 3 is 2.40 bits per heavy atom. The zero-order valence-corrected chi connectivity index (χ0v) is 13.8. The summed E-state index contributed by atoms with van der Waals surface area (Å²) in [6.45, 7) is 0.204. The second-order valence-electron chi connectivity index (χ2n) is 5.68. The Morgan fingerprint density at radius 2 is 1.56 bits per heavy atom. The maximum absolute atomic E-state index is 12.0. The monoisotopic (exact) mass is 333 g/mol. The van der Waals surface area contributed by atoms with Crippen molar-refractivity contribution in [1.82, 2.24) is 0 Å². The van der Waals surface area contributed by atoms with Crippen LogP contribution >= 0.6 is 0 Å². The molecule has 126 valence electrons. The van der Waals surface area contributed by atoms with Crippen molar-refractivity contribution in [2.45, 2.75) is 12.8 Å². The van der Waals surface area contributed by atoms with E-state index >= 15 is 0 Å². The number of rotatable bonds is 6. The van der Waals surface area contributed by atoms with Crippen molar-refractivity contribution in [3.05, 3.63) is 78.4 Å². The van der Waals surface area contributed by atoms with E-state index in [9.17, 15) is 9.59 Å². The Hall–Kier alpha value is -3.14. The maximum Gasteiger partial charge on any atom is 0.411 e. The molecule has 0 radical (unpaired) electrons. The summed E-state index contributed by atoms with van der Waals surface area (Å²) in [5, 5.41) is 4.77. The van der Waals surface area contributed by atoms with Crippen molar-refractivity contribution >= 4 is 28.3 Å². The van der Waals surface area contributed by atoms with Gasteiger partial charge in [-0.2, -0.15) is 0 Å². The van der Waals surface area contributed by atoms with E-state index in [1.54, 1.807) is 12.1 Å². The first-order valence-electron chi connectivity index (χ1n) is 8.24. The average molecular weight is 333 g/mol. The minimum atomic E-state index is -0.511. The lowest BCUT2D eigenvalue weighted by Gasteiger charge is -2.09. The molecule has 3 aromatic carbocycles. The molecular weight excluding hydrogens is 314 g/mol. The van der Waals surface area contributed by atoms with Crippen LogP contribution in [0.2, 0.25) is 0 Å². The summed E-state index contributed by atoms with van der Waals surface area (Å²) in [6, 6.07) is 22.6. The van der Waals surface area contributed by atoms with Crippen LogP contribution in [0.5, 0.6) is 0 Å². The van der Waals surface area contributed by atoms with E-state index in [-0.39, 0.29) is 12.4 Å². The molecule has 0 atom stereocenters. The predicted molar refractivity (Wildman–Crippen MR) is 98.9 cm³/mol. The Morgan fingerprint density at radius 1 is 0.840 bits per heavy atom. The SMILES string of the molecule is O=C(Nc1cccc2ccccc12)OCCCC(=O)c1ccccc1. The minimum absolute atomic E-state index is 0.0543. The number of ketones is 1. The van der Waals surface area contributed by atoms with E-state index < -0.39 is 6.09 Å². The van der Waals surface area contributed by atoms with Crippen LogP contribution in [0.25, 0.3) is 10.8 Å². The molecule has 4 heteroatoms. The number of benzene rings is 3. The van der Waals surface area contributed by atoms with Gasteiger partial charge in [-0.1, -0.05) is 66.7 Å². The van der Waals surface area contributed by atoms with E-state index in [0.717, 1.165) is 10.8 Å². The van der Waals surface area contributed by atoms with Gasteiger partial charge in [0.05, 0.1) is 12.3 Å². The van der Waals surface area contributed by atoms with Crippen molar-refractivity contribution in [1.29, 1.82) is 0 Å². The lowest BCUT2D eigenvalue weighted by atomic mass is 10.1.